The molecule has 0 radical (unpaired) electrons. The number of rotatable bonds is 4. The van der Waals surface area contributed by atoms with Gasteiger partial charge in [0.15, 0.2) is 0 Å². The van der Waals surface area contributed by atoms with Gasteiger partial charge >= 0.3 is 0 Å². The fourth-order valence-electron chi connectivity index (χ4n) is 5.50. The van der Waals surface area contributed by atoms with Crippen LogP contribution >= 0.6 is 0 Å². The standard InChI is InChI=1S/C19H30N4O5S/c1-10-11(2)15(10)19(26)23-14-6-9-22(16(14)12(3)18(23)25)29(27,28)21-7-4-13(5-8-21)17(20)24/h10-16H,4-9H2,1-3H3,(H2,20,24)/t10-,11+,12-,14-,15?,16+/m0/s1. The van der Waals surface area contributed by atoms with Gasteiger partial charge in [-0.2, -0.15) is 17.0 Å². The predicted octanol–water partition coefficient (Wildman–Crippen LogP) is -0.222. The molecular weight excluding hydrogens is 396 g/mol. The number of fused-ring (bicyclic) bond motifs is 1. The number of likely N-dealkylation sites (tertiary alicyclic amines) is 1. The van der Waals surface area contributed by atoms with Crippen molar-refractivity contribution in [3.05, 3.63) is 0 Å². The maximum Gasteiger partial charge on any atom is 0.282 e. The van der Waals surface area contributed by atoms with Crippen molar-refractivity contribution in [1.82, 2.24) is 13.5 Å². The molecule has 4 fully saturated rings. The summed E-state index contributed by atoms with van der Waals surface area (Å²) in [6.07, 6.45) is 1.29. The third kappa shape index (κ3) is 3.11. The molecule has 1 aliphatic carbocycles. The van der Waals surface area contributed by atoms with E-state index >= 15 is 0 Å². The number of piperidine rings is 1. The molecule has 3 aliphatic heterocycles. The van der Waals surface area contributed by atoms with E-state index in [1.54, 1.807) is 6.92 Å². The van der Waals surface area contributed by atoms with E-state index in [1.807, 2.05) is 13.8 Å². The second-order valence-corrected chi connectivity index (χ2v) is 11.0. The largest absolute Gasteiger partial charge is 0.369 e. The molecule has 162 valence electrons. The summed E-state index contributed by atoms with van der Waals surface area (Å²) in [5, 5.41) is 0. The van der Waals surface area contributed by atoms with Gasteiger partial charge in [-0.3, -0.25) is 19.3 Å². The van der Waals surface area contributed by atoms with Gasteiger partial charge in [-0.25, -0.2) is 0 Å². The first-order chi connectivity index (χ1) is 13.6. The molecule has 0 aromatic rings. The highest BCUT2D eigenvalue weighted by Crippen LogP contribution is 2.49. The normalized spacial score (nSPS) is 39.0. The van der Waals surface area contributed by atoms with Gasteiger partial charge in [0.1, 0.15) is 0 Å². The number of nitrogens with two attached hydrogens (primary N) is 1. The van der Waals surface area contributed by atoms with Crippen molar-refractivity contribution in [1.29, 1.82) is 0 Å². The van der Waals surface area contributed by atoms with Crippen molar-refractivity contribution in [2.75, 3.05) is 19.6 Å². The fourth-order valence-corrected chi connectivity index (χ4v) is 7.43. The Bertz CT molecular complexity index is 830. The molecule has 1 saturated carbocycles. The zero-order chi connectivity index (χ0) is 21.2. The van der Waals surface area contributed by atoms with E-state index in [1.165, 1.54) is 13.5 Å². The van der Waals surface area contributed by atoms with Gasteiger partial charge in [-0.15, -0.1) is 0 Å². The first kappa shape index (κ1) is 20.7. The zero-order valence-electron chi connectivity index (χ0n) is 17.2. The van der Waals surface area contributed by atoms with Crippen LogP contribution in [0, 0.1) is 29.6 Å². The minimum absolute atomic E-state index is 0.136. The second kappa shape index (κ2) is 7.02. The lowest BCUT2D eigenvalue weighted by atomic mass is 9.98. The Morgan fingerprint density at radius 1 is 1.00 bits per heavy atom. The Kier molecular flexibility index (Phi) is 5.02. The highest BCUT2D eigenvalue weighted by Gasteiger charge is 2.61. The van der Waals surface area contributed by atoms with Gasteiger partial charge < -0.3 is 5.73 Å². The molecule has 3 saturated heterocycles. The number of hydrogen-bond donors (Lipinski definition) is 1. The van der Waals surface area contributed by atoms with Crippen molar-refractivity contribution in [3.63, 3.8) is 0 Å². The molecule has 0 spiro atoms. The van der Waals surface area contributed by atoms with Gasteiger partial charge in [0.25, 0.3) is 10.2 Å². The van der Waals surface area contributed by atoms with E-state index in [0.717, 1.165) is 0 Å². The van der Waals surface area contributed by atoms with Crippen LogP contribution in [0.3, 0.4) is 0 Å². The molecule has 4 aliphatic rings. The van der Waals surface area contributed by atoms with Gasteiger partial charge in [0.05, 0.1) is 18.0 Å². The molecule has 6 atom stereocenters. The third-order valence-corrected chi connectivity index (χ3v) is 9.70. The van der Waals surface area contributed by atoms with Gasteiger partial charge in [-0.1, -0.05) is 20.8 Å². The van der Waals surface area contributed by atoms with Crippen molar-refractivity contribution in [2.24, 2.45) is 35.3 Å². The van der Waals surface area contributed by atoms with Crippen molar-refractivity contribution < 1.29 is 22.8 Å². The molecule has 3 heterocycles. The Hall–Kier alpha value is -1.52. The lowest BCUT2D eigenvalue weighted by Gasteiger charge is -2.35. The SMILES string of the molecule is C[C@@H]1C(=O)N(C(=O)C2[C@@H](C)[C@H]2C)[C@H]2CCN(S(=O)(=O)N3CCC(C(N)=O)CC3)[C@H]12. The summed E-state index contributed by atoms with van der Waals surface area (Å²) in [7, 11) is -3.77. The lowest BCUT2D eigenvalue weighted by Crippen LogP contribution is -2.51. The fraction of sp³-hybridized carbons (Fsp3) is 0.842. The number of hydrogen-bond acceptors (Lipinski definition) is 5. The van der Waals surface area contributed by atoms with E-state index in [0.29, 0.717) is 25.8 Å². The molecule has 29 heavy (non-hydrogen) atoms. The van der Waals surface area contributed by atoms with Crippen LogP contribution in [0.15, 0.2) is 0 Å². The van der Waals surface area contributed by atoms with E-state index in [4.69, 9.17) is 5.73 Å². The predicted molar refractivity (Wildman–Crippen MR) is 104 cm³/mol. The van der Waals surface area contributed by atoms with Gasteiger partial charge in [0.2, 0.25) is 17.7 Å². The van der Waals surface area contributed by atoms with Gasteiger partial charge in [0, 0.05) is 31.5 Å². The monoisotopic (exact) mass is 426 g/mol. The topological polar surface area (TPSA) is 121 Å². The lowest BCUT2D eigenvalue weighted by molar-refractivity contribution is -0.146. The van der Waals surface area contributed by atoms with Crippen molar-refractivity contribution in [3.8, 4) is 0 Å². The third-order valence-electron chi connectivity index (χ3n) is 7.67. The summed E-state index contributed by atoms with van der Waals surface area (Å²) in [6.45, 7) is 6.52. The Morgan fingerprint density at radius 2 is 1.59 bits per heavy atom. The molecule has 3 amide bonds. The maximum atomic E-state index is 13.3. The highest BCUT2D eigenvalue weighted by atomic mass is 32.2. The number of imide groups is 1. The van der Waals surface area contributed by atoms with Crippen LogP contribution in [0.4, 0.5) is 0 Å². The first-order valence-electron chi connectivity index (χ1n) is 10.5. The number of carbonyl (C=O) groups excluding carboxylic acids is 3. The number of nitrogens with zero attached hydrogens (tertiary/aromatic N) is 3. The number of carbonyl (C=O) groups is 3. The molecule has 4 rings (SSSR count). The Morgan fingerprint density at radius 3 is 2.10 bits per heavy atom. The average Bonchev–Trinajstić information content (AvgIpc) is 3.01. The van der Waals surface area contributed by atoms with Crippen LogP contribution in [0.5, 0.6) is 0 Å². The summed E-state index contributed by atoms with van der Waals surface area (Å²) in [6, 6.07) is -0.905. The van der Waals surface area contributed by atoms with Crippen LogP contribution in [0.25, 0.3) is 0 Å². The van der Waals surface area contributed by atoms with Gasteiger partial charge in [-0.05, 0) is 31.1 Å². The molecule has 9 nitrogen and oxygen atoms in total. The highest BCUT2D eigenvalue weighted by molar-refractivity contribution is 7.86. The number of primary amides is 1. The zero-order valence-corrected chi connectivity index (χ0v) is 18.0. The van der Waals surface area contributed by atoms with Crippen LogP contribution < -0.4 is 5.73 Å². The molecule has 0 bridgehead atoms. The smallest absolute Gasteiger partial charge is 0.282 e. The maximum absolute atomic E-state index is 13.3. The molecular formula is C19H30N4O5S. The first-order valence-corrected chi connectivity index (χ1v) is 11.9. The Balaban J connectivity index is 1.52. The molecule has 0 aromatic heterocycles. The summed E-state index contributed by atoms with van der Waals surface area (Å²) >= 11 is 0. The Labute approximate surface area is 171 Å². The van der Waals surface area contributed by atoms with E-state index < -0.39 is 28.1 Å². The minimum atomic E-state index is -3.77. The number of amides is 3. The summed E-state index contributed by atoms with van der Waals surface area (Å²) in [5.74, 6) is -1.25. The molecule has 1 unspecified atom stereocenters. The summed E-state index contributed by atoms with van der Waals surface area (Å²) < 4.78 is 29.4. The van der Waals surface area contributed by atoms with Crippen molar-refractivity contribution >= 4 is 27.9 Å². The van der Waals surface area contributed by atoms with Crippen LogP contribution in [0.1, 0.15) is 40.0 Å². The van der Waals surface area contributed by atoms with E-state index in [9.17, 15) is 22.8 Å². The average molecular weight is 427 g/mol. The quantitative estimate of drug-likeness (QED) is 0.623. The molecule has 0 aromatic carbocycles. The van der Waals surface area contributed by atoms with Crippen LogP contribution in [-0.4, -0.2) is 71.4 Å². The minimum Gasteiger partial charge on any atom is -0.369 e. The second-order valence-electron chi connectivity index (χ2n) is 9.12. The summed E-state index contributed by atoms with van der Waals surface area (Å²) in [5.41, 5.74) is 5.35. The van der Waals surface area contributed by atoms with E-state index in [-0.39, 0.29) is 54.6 Å². The summed E-state index contributed by atoms with van der Waals surface area (Å²) in [4.78, 5) is 38.6. The molecule has 2 N–H and O–H groups in total. The van der Waals surface area contributed by atoms with E-state index in [2.05, 4.69) is 0 Å². The van der Waals surface area contributed by atoms with Crippen LogP contribution in [-0.2, 0) is 24.6 Å². The van der Waals surface area contributed by atoms with Crippen LogP contribution in [0.2, 0.25) is 0 Å². The van der Waals surface area contributed by atoms with Crippen molar-refractivity contribution in [2.45, 2.75) is 52.1 Å². The molecule has 10 heteroatoms.